The molecule has 104 valence electrons. The van der Waals surface area contributed by atoms with Crippen LogP contribution in [-0.2, 0) is 11.2 Å². The zero-order valence-electron chi connectivity index (χ0n) is 11.7. The Balaban J connectivity index is 2.05. The summed E-state index contributed by atoms with van der Waals surface area (Å²) in [6.45, 7) is 2.22. The molecule has 1 N–H and O–H groups in total. The SMILES string of the molecule is CCC1CCCC(C(Cc2ccccc2)C(=O)O)C1. The normalized spacial score (nSPS) is 24.9. The third-order valence-corrected chi connectivity index (χ3v) is 4.59. The van der Waals surface area contributed by atoms with Crippen LogP contribution in [0.25, 0.3) is 0 Å². The molecule has 0 radical (unpaired) electrons. The van der Waals surface area contributed by atoms with Crippen LogP contribution in [0.3, 0.4) is 0 Å². The average molecular weight is 260 g/mol. The molecule has 3 atom stereocenters. The minimum atomic E-state index is -0.620. The lowest BCUT2D eigenvalue weighted by atomic mass is 9.72. The molecule has 0 bridgehead atoms. The first kappa shape index (κ1) is 14.1. The summed E-state index contributed by atoms with van der Waals surface area (Å²) >= 11 is 0. The maximum atomic E-state index is 11.6. The quantitative estimate of drug-likeness (QED) is 0.863. The highest BCUT2D eigenvalue weighted by molar-refractivity contribution is 5.70. The maximum Gasteiger partial charge on any atom is 0.307 e. The van der Waals surface area contributed by atoms with Gasteiger partial charge < -0.3 is 5.11 Å². The minimum Gasteiger partial charge on any atom is -0.481 e. The molecular formula is C17H24O2. The lowest BCUT2D eigenvalue weighted by molar-refractivity contribution is -0.144. The Morgan fingerprint density at radius 3 is 2.68 bits per heavy atom. The molecule has 0 saturated heterocycles. The van der Waals surface area contributed by atoms with Gasteiger partial charge in [-0.15, -0.1) is 0 Å². The first-order chi connectivity index (χ1) is 9.20. The van der Waals surface area contributed by atoms with Crippen LogP contribution in [0.15, 0.2) is 30.3 Å². The number of rotatable bonds is 5. The van der Waals surface area contributed by atoms with Crippen LogP contribution >= 0.6 is 0 Å². The summed E-state index contributed by atoms with van der Waals surface area (Å²) in [5.41, 5.74) is 1.15. The number of carboxylic acids is 1. The minimum absolute atomic E-state index is 0.211. The van der Waals surface area contributed by atoms with E-state index < -0.39 is 5.97 Å². The van der Waals surface area contributed by atoms with Crippen molar-refractivity contribution in [1.29, 1.82) is 0 Å². The molecule has 2 rings (SSSR count). The van der Waals surface area contributed by atoms with Crippen molar-refractivity contribution in [3.05, 3.63) is 35.9 Å². The second-order valence-electron chi connectivity index (χ2n) is 5.84. The van der Waals surface area contributed by atoms with Crippen molar-refractivity contribution < 1.29 is 9.90 Å². The van der Waals surface area contributed by atoms with Gasteiger partial charge in [-0.3, -0.25) is 4.79 Å². The van der Waals surface area contributed by atoms with E-state index in [1.807, 2.05) is 30.3 Å². The molecule has 1 aliphatic rings. The summed E-state index contributed by atoms with van der Waals surface area (Å²) in [5.74, 6) is 0.259. The summed E-state index contributed by atoms with van der Waals surface area (Å²) in [4.78, 5) is 11.6. The smallest absolute Gasteiger partial charge is 0.307 e. The van der Waals surface area contributed by atoms with Gasteiger partial charge in [0, 0.05) is 0 Å². The Morgan fingerprint density at radius 1 is 1.32 bits per heavy atom. The summed E-state index contributed by atoms with van der Waals surface area (Å²) in [6.07, 6.45) is 6.53. The Hall–Kier alpha value is -1.31. The molecule has 0 spiro atoms. The van der Waals surface area contributed by atoms with Crippen molar-refractivity contribution in [3.63, 3.8) is 0 Å². The predicted molar refractivity (Wildman–Crippen MR) is 77.0 cm³/mol. The fraction of sp³-hybridized carbons (Fsp3) is 0.588. The van der Waals surface area contributed by atoms with E-state index in [4.69, 9.17) is 0 Å². The second-order valence-corrected chi connectivity index (χ2v) is 5.84. The summed E-state index contributed by atoms with van der Waals surface area (Å²) < 4.78 is 0. The molecule has 0 aromatic heterocycles. The van der Waals surface area contributed by atoms with E-state index in [1.165, 1.54) is 19.3 Å². The lowest BCUT2D eigenvalue weighted by Gasteiger charge is -2.32. The molecule has 2 heteroatoms. The van der Waals surface area contributed by atoms with Crippen LogP contribution in [0.1, 0.15) is 44.6 Å². The van der Waals surface area contributed by atoms with Crippen LogP contribution in [0.2, 0.25) is 0 Å². The second kappa shape index (κ2) is 6.74. The number of benzene rings is 1. The molecule has 0 aliphatic heterocycles. The number of aliphatic carboxylic acids is 1. The van der Waals surface area contributed by atoms with Gasteiger partial charge in [0.2, 0.25) is 0 Å². The van der Waals surface area contributed by atoms with Crippen molar-refractivity contribution in [3.8, 4) is 0 Å². The fourth-order valence-electron chi connectivity index (χ4n) is 3.39. The Bertz CT molecular complexity index is 399. The molecule has 19 heavy (non-hydrogen) atoms. The van der Waals surface area contributed by atoms with Crippen molar-refractivity contribution in [2.24, 2.45) is 17.8 Å². The highest BCUT2D eigenvalue weighted by Gasteiger charge is 2.32. The molecule has 3 unspecified atom stereocenters. The van der Waals surface area contributed by atoms with E-state index in [0.717, 1.165) is 24.3 Å². The molecule has 1 aromatic carbocycles. The number of carboxylic acid groups (broad SMARTS) is 1. The van der Waals surface area contributed by atoms with Gasteiger partial charge >= 0.3 is 5.97 Å². The molecule has 1 fully saturated rings. The van der Waals surface area contributed by atoms with E-state index in [1.54, 1.807) is 0 Å². The third kappa shape index (κ3) is 3.82. The van der Waals surface area contributed by atoms with Gasteiger partial charge in [0.15, 0.2) is 0 Å². The fourth-order valence-corrected chi connectivity index (χ4v) is 3.39. The monoisotopic (exact) mass is 260 g/mol. The topological polar surface area (TPSA) is 37.3 Å². The number of hydrogen-bond donors (Lipinski definition) is 1. The van der Waals surface area contributed by atoms with Gasteiger partial charge in [-0.25, -0.2) is 0 Å². The highest BCUT2D eigenvalue weighted by Crippen LogP contribution is 2.36. The molecule has 0 amide bonds. The zero-order chi connectivity index (χ0) is 13.7. The van der Waals surface area contributed by atoms with Gasteiger partial charge in [0.25, 0.3) is 0 Å². The number of hydrogen-bond acceptors (Lipinski definition) is 1. The molecule has 0 heterocycles. The first-order valence-electron chi connectivity index (χ1n) is 7.47. The summed E-state index contributed by atoms with van der Waals surface area (Å²) in [7, 11) is 0. The van der Waals surface area contributed by atoms with Crippen molar-refractivity contribution in [2.45, 2.75) is 45.4 Å². The average Bonchev–Trinajstić information content (AvgIpc) is 2.45. The van der Waals surface area contributed by atoms with Gasteiger partial charge in [-0.2, -0.15) is 0 Å². The maximum absolute atomic E-state index is 11.6. The van der Waals surface area contributed by atoms with Crippen LogP contribution in [0.5, 0.6) is 0 Å². The Labute approximate surface area is 115 Å². The molecule has 1 aromatic rings. The van der Waals surface area contributed by atoms with Gasteiger partial charge in [-0.05, 0) is 36.7 Å². The van der Waals surface area contributed by atoms with E-state index in [0.29, 0.717) is 12.3 Å². The van der Waals surface area contributed by atoms with E-state index >= 15 is 0 Å². The third-order valence-electron chi connectivity index (χ3n) is 4.59. The molecule has 1 saturated carbocycles. The standard InChI is InChI=1S/C17H24O2/c1-2-13-9-6-10-15(11-13)16(17(18)19)12-14-7-4-3-5-8-14/h3-5,7-8,13,15-16H,2,6,9-12H2,1H3,(H,18,19). The number of carbonyl (C=O) groups is 1. The Kier molecular flexibility index (Phi) is 5.00. The van der Waals surface area contributed by atoms with Gasteiger partial charge in [0.05, 0.1) is 5.92 Å². The summed E-state index contributed by atoms with van der Waals surface area (Å²) in [5, 5.41) is 9.55. The van der Waals surface area contributed by atoms with Gasteiger partial charge in [0.1, 0.15) is 0 Å². The predicted octanol–water partition coefficient (Wildman–Crippen LogP) is 4.15. The van der Waals surface area contributed by atoms with Crippen molar-refractivity contribution in [1.82, 2.24) is 0 Å². The van der Waals surface area contributed by atoms with E-state index in [-0.39, 0.29) is 5.92 Å². The summed E-state index contributed by atoms with van der Waals surface area (Å²) in [6, 6.07) is 10.0. The van der Waals surface area contributed by atoms with Crippen LogP contribution in [-0.4, -0.2) is 11.1 Å². The molecule has 2 nitrogen and oxygen atoms in total. The van der Waals surface area contributed by atoms with Gasteiger partial charge in [-0.1, -0.05) is 56.5 Å². The van der Waals surface area contributed by atoms with E-state index in [9.17, 15) is 9.90 Å². The first-order valence-corrected chi connectivity index (χ1v) is 7.47. The van der Waals surface area contributed by atoms with Crippen LogP contribution < -0.4 is 0 Å². The largest absolute Gasteiger partial charge is 0.481 e. The highest BCUT2D eigenvalue weighted by atomic mass is 16.4. The van der Waals surface area contributed by atoms with Crippen LogP contribution in [0.4, 0.5) is 0 Å². The zero-order valence-corrected chi connectivity index (χ0v) is 11.7. The van der Waals surface area contributed by atoms with E-state index in [2.05, 4.69) is 6.92 Å². The van der Waals surface area contributed by atoms with Crippen LogP contribution in [0, 0.1) is 17.8 Å². The molecular weight excluding hydrogens is 236 g/mol. The van der Waals surface area contributed by atoms with Crippen molar-refractivity contribution in [2.75, 3.05) is 0 Å². The lowest BCUT2D eigenvalue weighted by Crippen LogP contribution is -2.30. The Morgan fingerprint density at radius 2 is 2.05 bits per heavy atom. The molecule has 1 aliphatic carbocycles. The van der Waals surface area contributed by atoms with Crippen molar-refractivity contribution >= 4 is 5.97 Å².